The van der Waals surface area contributed by atoms with Crippen LogP contribution in [0.15, 0.2) is 84.0 Å². The number of nitrogens with zero attached hydrogens (tertiary/aromatic N) is 3. The lowest BCUT2D eigenvalue weighted by atomic mass is 10.1. The summed E-state index contributed by atoms with van der Waals surface area (Å²) in [5.41, 5.74) is 2.46. The molecule has 8 heteroatoms. The van der Waals surface area contributed by atoms with Crippen molar-refractivity contribution < 1.29 is 9.90 Å². The number of halogens is 1. The van der Waals surface area contributed by atoms with E-state index in [1.807, 2.05) is 28.8 Å². The van der Waals surface area contributed by atoms with Crippen molar-refractivity contribution in [1.29, 1.82) is 0 Å². The Morgan fingerprint density at radius 1 is 0.969 bits per heavy atom. The fraction of sp³-hybridized carbons (Fsp3) is 0.125. The number of phenolic OH excluding ortho intramolecular Hbond substituents is 1. The molecule has 3 aromatic carbocycles. The molecule has 32 heavy (non-hydrogen) atoms. The molecule has 4 aromatic rings. The van der Waals surface area contributed by atoms with E-state index < -0.39 is 0 Å². The summed E-state index contributed by atoms with van der Waals surface area (Å²) >= 11 is 7.20. The van der Waals surface area contributed by atoms with Gasteiger partial charge >= 0.3 is 0 Å². The zero-order valence-corrected chi connectivity index (χ0v) is 18.7. The Morgan fingerprint density at radius 3 is 2.44 bits per heavy atom. The number of aromatic hydroxyl groups is 1. The van der Waals surface area contributed by atoms with Crippen LogP contribution in [0.1, 0.15) is 5.56 Å². The van der Waals surface area contributed by atoms with E-state index in [0.717, 1.165) is 6.42 Å². The van der Waals surface area contributed by atoms with Crippen LogP contribution in [0.3, 0.4) is 0 Å². The first-order valence-electron chi connectivity index (χ1n) is 10.0. The maximum absolute atomic E-state index is 12.4. The number of anilines is 1. The van der Waals surface area contributed by atoms with E-state index in [9.17, 15) is 9.90 Å². The summed E-state index contributed by atoms with van der Waals surface area (Å²) in [4.78, 5) is 12.4. The number of carbonyl (C=O) groups is 1. The second-order valence-corrected chi connectivity index (χ2v) is 8.43. The average molecular weight is 465 g/mol. The van der Waals surface area contributed by atoms with Crippen LogP contribution in [-0.4, -0.2) is 31.5 Å². The van der Waals surface area contributed by atoms with Gasteiger partial charge in [-0.1, -0.05) is 65.8 Å². The lowest BCUT2D eigenvalue weighted by Crippen LogP contribution is -2.15. The van der Waals surface area contributed by atoms with E-state index in [2.05, 4.69) is 27.6 Å². The number of para-hydroxylation sites is 1. The number of aryl methyl sites for hydroxylation is 1. The number of hydrogen-bond donors (Lipinski definition) is 2. The second-order valence-electron chi connectivity index (χ2n) is 7.05. The van der Waals surface area contributed by atoms with Gasteiger partial charge in [-0.2, -0.15) is 0 Å². The second kappa shape index (κ2) is 10.3. The molecular formula is C24H21ClN4O2S. The van der Waals surface area contributed by atoms with Crippen molar-refractivity contribution in [3.8, 4) is 17.1 Å². The van der Waals surface area contributed by atoms with Crippen LogP contribution in [-0.2, 0) is 17.8 Å². The highest BCUT2D eigenvalue weighted by Gasteiger charge is 2.18. The normalized spacial score (nSPS) is 10.8. The van der Waals surface area contributed by atoms with E-state index >= 15 is 0 Å². The SMILES string of the molecule is O=C(CSc1nnc(-c2ccccc2O)n1CCc1ccccc1)Nc1ccc(Cl)cc1. The van der Waals surface area contributed by atoms with Gasteiger partial charge in [-0.25, -0.2) is 0 Å². The highest BCUT2D eigenvalue weighted by molar-refractivity contribution is 7.99. The van der Waals surface area contributed by atoms with Gasteiger partial charge in [0.25, 0.3) is 0 Å². The zero-order chi connectivity index (χ0) is 22.3. The number of rotatable bonds is 8. The quantitative estimate of drug-likeness (QED) is 0.347. The standard InChI is InChI=1S/C24H21ClN4O2S/c25-18-10-12-19(13-11-18)26-22(31)16-32-24-28-27-23(20-8-4-5-9-21(20)30)29(24)15-14-17-6-2-1-3-7-17/h1-13,30H,14-16H2,(H,26,31). The summed E-state index contributed by atoms with van der Waals surface area (Å²) in [6, 6.07) is 24.1. The number of benzene rings is 3. The Hall–Kier alpha value is -3.29. The molecule has 2 N–H and O–H groups in total. The van der Waals surface area contributed by atoms with Crippen molar-refractivity contribution >= 4 is 35.0 Å². The van der Waals surface area contributed by atoms with Gasteiger partial charge in [0, 0.05) is 17.3 Å². The minimum absolute atomic E-state index is 0.137. The van der Waals surface area contributed by atoms with Crippen molar-refractivity contribution in [1.82, 2.24) is 14.8 Å². The van der Waals surface area contributed by atoms with Crippen molar-refractivity contribution in [3.05, 3.63) is 89.4 Å². The zero-order valence-electron chi connectivity index (χ0n) is 17.1. The Balaban J connectivity index is 1.52. The molecule has 1 aromatic heterocycles. The Labute approximate surface area is 195 Å². The number of hydrogen-bond acceptors (Lipinski definition) is 5. The van der Waals surface area contributed by atoms with Gasteiger partial charge in [0.15, 0.2) is 11.0 Å². The molecule has 0 fully saturated rings. The molecule has 0 aliphatic heterocycles. The third-order valence-corrected chi connectivity index (χ3v) is 6.01. The summed E-state index contributed by atoms with van der Waals surface area (Å²) in [6.07, 6.45) is 0.768. The molecule has 0 saturated heterocycles. The number of phenols is 1. The van der Waals surface area contributed by atoms with Gasteiger partial charge in [-0.3, -0.25) is 4.79 Å². The molecule has 1 amide bonds. The molecule has 0 atom stereocenters. The van der Waals surface area contributed by atoms with Crippen molar-refractivity contribution in [2.45, 2.75) is 18.1 Å². The summed E-state index contributed by atoms with van der Waals surface area (Å²) in [5, 5.41) is 23.0. The monoisotopic (exact) mass is 464 g/mol. The molecule has 0 aliphatic rings. The lowest BCUT2D eigenvalue weighted by molar-refractivity contribution is -0.113. The highest BCUT2D eigenvalue weighted by Crippen LogP contribution is 2.30. The van der Waals surface area contributed by atoms with E-state index in [1.54, 1.807) is 42.5 Å². The molecule has 0 radical (unpaired) electrons. The maximum Gasteiger partial charge on any atom is 0.234 e. The number of nitrogens with one attached hydrogen (secondary N) is 1. The molecule has 0 saturated carbocycles. The van der Waals surface area contributed by atoms with E-state index in [-0.39, 0.29) is 17.4 Å². The number of thioether (sulfide) groups is 1. The van der Waals surface area contributed by atoms with Crippen LogP contribution in [0.2, 0.25) is 5.02 Å². The Bertz CT molecular complexity index is 1200. The summed E-state index contributed by atoms with van der Waals surface area (Å²) in [5.74, 6) is 0.726. The first-order valence-corrected chi connectivity index (χ1v) is 11.4. The molecule has 4 rings (SSSR count). The van der Waals surface area contributed by atoms with Gasteiger partial charge in [0.05, 0.1) is 11.3 Å². The highest BCUT2D eigenvalue weighted by atomic mass is 35.5. The van der Waals surface area contributed by atoms with Crippen molar-refractivity contribution in [2.24, 2.45) is 0 Å². The van der Waals surface area contributed by atoms with Gasteiger partial charge in [-0.05, 0) is 48.4 Å². The van der Waals surface area contributed by atoms with Crippen LogP contribution >= 0.6 is 23.4 Å². The largest absolute Gasteiger partial charge is 0.507 e. The molecule has 0 spiro atoms. The molecular weight excluding hydrogens is 444 g/mol. The fourth-order valence-corrected chi connectivity index (χ4v) is 4.10. The van der Waals surface area contributed by atoms with E-state index in [1.165, 1.54) is 17.3 Å². The topological polar surface area (TPSA) is 80.0 Å². The predicted molar refractivity (Wildman–Crippen MR) is 128 cm³/mol. The van der Waals surface area contributed by atoms with Crippen LogP contribution in [0.4, 0.5) is 5.69 Å². The third kappa shape index (κ3) is 5.49. The van der Waals surface area contributed by atoms with Crippen LogP contribution < -0.4 is 5.32 Å². The van der Waals surface area contributed by atoms with E-state index in [4.69, 9.17) is 11.6 Å². The Morgan fingerprint density at radius 2 is 1.69 bits per heavy atom. The maximum atomic E-state index is 12.4. The average Bonchev–Trinajstić information content (AvgIpc) is 3.21. The van der Waals surface area contributed by atoms with Gasteiger partial charge < -0.3 is 15.0 Å². The van der Waals surface area contributed by atoms with Gasteiger partial charge in [0.2, 0.25) is 5.91 Å². The number of amides is 1. The lowest BCUT2D eigenvalue weighted by Gasteiger charge is -2.11. The fourth-order valence-electron chi connectivity index (χ4n) is 3.20. The molecule has 0 aliphatic carbocycles. The smallest absolute Gasteiger partial charge is 0.234 e. The minimum Gasteiger partial charge on any atom is -0.507 e. The Kier molecular flexibility index (Phi) is 7.09. The predicted octanol–water partition coefficient (Wildman–Crippen LogP) is 5.28. The van der Waals surface area contributed by atoms with Crippen LogP contribution in [0.5, 0.6) is 5.75 Å². The first-order chi connectivity index (χ1) is 15.6. The van der Waals surface area contributed by atoms with Crippen LogP contribution in [0, 0.1) is 0 Å². The first kappa shape index (κ1) is 21.9. The summed E-state index contributed by atoms with van der Waals surface area (Å²) in [7, 11) is 0. The van der Waals surface area contributed by atoms with Crippen LogP contribution in [0.25, 0.3) is 11.4 Å². The molecule has 162 valence electrons. The van der Waals surface area contributed by atoms with Gasteiger partial charge in [0.1, 0.15) is 5.75 Å². The van der Waals surface area contributed by atoms with E-state index in [0.29, 0.717) is 33.8 Å². The molecule has 0 bridgehead atoms. The third-order valence-electron chi connectivity index (χ3n) is 4.79. The van der Waals surface area contributed by atoms with Crippen molar-refractivity contribution in [2.75, 3.05) is 11.1 Å². The summed E-state index contributed by atoms with van der Waals surface area (Å²) in [6.45, 7) is 0.613. The molecule has 1 heterocycles. The number of carbonyl (C=O) groups excluding carboxylic acids is 1. The molecule has 6 nitrogen and oxygen atoms in total. The summed E-state index contributed by atoms with van der Waals surface area (Å²) < 4.78 is 1.95. The van der Waals surface area contributed by atoms with Gasteiger partial charge in [-0.15, -0.1) is 10.2 Å². The number of aromatic nitrogens is 3. The van der Waals surface area contributed by atoms with Crippen molar-refractivity contribution in [3.63, 3.8) is 0 Å². The molecule has 0 unspecified atom stereocenters. The minimum atomic E-state index is -0.154.